The first-order chi connectivity index (χ1) is 5.00. The highest BCUT2D eigenvalue weighted by atomic mass is 32.2. The van der Waals surface area contributed by atoms with E-state index < -0.39 is 21.5 Å². The molecule has 0 aliphatic heterocycles. The molecule has 1 rings (SSSR count). The zero-order valence-corrected chi connectivity index (χ0v) is 6.81. The van der Waals surface area contributed by atoms with Crippen molar-refractivity contribution >= 4 is 10.1 Å². The number of hydrogen-bond acceptors (Lipinski definition) is 3. The lowest BCUT2D eigenvalue weighted by atomic mass is 9.99. The maximum atomic E-state index is 12.4. The highest BCUT2D eigenvalue weighted by molar-refractivity contribution is 7.86. The van der Waals surface area contributed by atoms with E-state index >= 15 is 0 Å². The van der Waals surface area contributed by atoms with Crippen LogP contribution >= 0.6 is 0 Å². The number of halogens is 1. The Morgan fingerprint density at radius 2 is 1.64 bits per heavy atom. The van der Waals surface area contributed by atoms with Gasteiger partial charge >= 0.3 is 0 Å². The largest absolute Gasteiger partial charge is 0.748 e. The van der Waals surface area contributed by atoms with E-state index in [1.807, 2.05) is 0 Å². The third-order valence-electron chi connectivity index (χ3n) is 2.01. The molecule has 1 saturated carbocycles. The Bertz CT molecular complexity index is 216. The van der Waals surface area contributed by atoms with E-state index in [1.165, 1.54) is 0 Å². The van der Waals surface area contributed by atoms with Crippen LogP contribution in [-0.4, -0.2) is 24.4 Å². The number of rotatable bonds is 1. The van der Waals surface area contributed by atoms with Crippen LogP contribution < -0.4 is 0 Å². The standard InChI is InChI=1S/C6H11FO3S/c7-5-1-3-6(4-2-5)11(8,9)10/h5-6H,1-4H2,(H,8,9,10)/p-1. The third-order valence-corrected chi connectivity index (χ3v) is 3.30. The second-order valence-corrected chi connectivity index (χ2v) is 4.52. The lowest BCUT2D eigenvalue weighted by Gasteiger charge is -2.26. The van der Waals surface area contributed by atoms with Gasteiger partial charge in [0.05, 0.1) is 10.1 Å². The Morgan fingerprint density at radius 1 is 1.18 bits per heavy atom. The number of alkyl halides is 1. The number of hydrogen-bond donors (Lipinski definition) is 0. The maximum absolute atomic E-state index is 12.4. The van der Waals surface area contributed by atoms with Crippen LogP contribution in [-0.2, 0) is 10.1 Å². The Kier molecular flexibility index (Phi) is 2.49. The van der Waals surface area contributed by atoms with Crippen molar-refractivity contribution in [3.8, 4) is 0 Å². The first-order valence-corrected chi connectivity index (χ1v) is 5.06. The molecule has 0 heterocycles. The van der Waals surface area contributed by atoms with E-state index in [9.17, 15) is 17.4 Å². The van der Waals surface area contributed by atoms with Gasteiger partial charge in [0.15, 0.2) is 0 Å². The van der Waals surface area contributed by atoms with Crippen molar-refractivity contribution in [1.29, 1.82) is 0 Å². The first-order valence-electron chi connectivity index (χ1n) is 3.59. The molecule has 0 atom stereocenters. The summed E-state index contributed by atoms with van der Waals surface area (Å²) in [6.45, 7) is 0. The molecule has 0 spiro atoms. The van der Waals surface area contributed by atoms with Crippen LogP contribution in [0.4, 0.5) is 4.39 Å². The Labute approximate surface area is 65.4 Å². The molecule has 1 fully saturated rings. The van der Waals surface area contributed by atoms with Gasteiger partial charge in [-0.1, -0.05) is 0 Å². The Balaban J connectivity index is 2.53. The van der Waals surface area contributed by atoms with Gasteiger partial charge in [0.25, 0.3) is 0 Å². The minimum atomic E-state index is -4.17. The lowest BCUT2D eigenvalue weighted by molar-refractivity contribution is 0.248. The van der Waals surface area contributed by atoms with E-state index in [0.717, 1.165) is 0 Å². The summed E-state index contributed by atoms with van der Waals surface area (Å²) >= 11 is 0. The molecule has 1 aliphatic rings. The summed E-state index contributed by atoms with van der Waals surface area (Å²) in [6, 6.07) is 0. The van der Waals surface area contributed by atoms with Crippen molar-refractivity contribution in [3.05, 3.63) is 0 Å². The SMILES string of the molecule is O=S(=O)([O-])C1CCC(F)CC1. The predicted molar refractivity (Wildman–Crippen MR) is 36.8 cm³/mol. The Morgan fingerprint density at radius 3 is 2.00 bits per heavy atom. The van der Waals surface area contributed by atoms with E-state index in [4.69, 9.17) is 0 Å². The van der Waals surface area contributed by atoms with E-state index in [-0.39, 0.29) is 25.7 Å². The molecule has 11 heavy (non-hydrogen) atoms. The van der Waals surface area contributed by atoms with Crippen LogP contribution in [0, 0.1) is 0 Å². The summed E-state index contributed by atoms with van der Waals surface area (Å²) in [5.41, 5.74) is 0. The van der Waals surface area contributed by atoms with Gasteiger partial charge in [-0.3, -0.25) is 0 Å². The summed E-state index contributed by atoms with van der Waals surface area (Å²) in [5.74, 6) is 0. The molecule has 5 heteroatoms. The van der Waals surface area contributed by atoms with Crippen molar-refractivity contribution < 1.29 is 17.4 Å². The molecule has 1 aliphatic carbocycles. The minimum Gasteiger partial charge on any atom is -0.748 e. The molecule has 0 amide bonds. The van der Waals surface area contributed by atoms with Crippen LogP contribution in [0.1, 0.15) is 25.7 Å². The quantitative estimate of drug-likeness (QED) is 0.562. The first kappa shape index (κ1) is 8.93. The molecule has 0 N–H and O–H groups in total. The van der Waals surface area contributed by atoms with Gasteiger partial charge in [-0.2, -0.15) is 0 Å². The molecule has 0 unspecified atom stereocenters. The molecule has 3 nitrogen and oxygen atoms in total. The van der Waals surface area contributed by atoms with Gasteiger partial charge in [0, 0.05) is 5.25 Å². The molecule has 0 aromatic rings. The van der Waals surface area contributed by atoms with Crippen molar-refractivity contribution in [2.24, 2.45) is 0 Å². The molecule has 0 bridgehead atoms. The van der Waals surface area contributed by atoms with E-state index in [0.29, 0.717) is 0 Å². The summed E-state index contributed by atoms with van der Waals surface area (Å²) < 4.78 is 43.7. The molecule has 0 aromatic carbocycles. The van der Waals surface area contributed by atoms with Crippen LogP contribution in [0.3, 0.4) is 0 Å². The van der Waals surface area contributed by atoms with Gasteiger partial charge in [-0.15, -0.1) is 0 Å². The summed E-state index contributed by atoms with van der Waals surface area (Å²) in [7, 11) is -4.17. The topological polar surface area (TPSA) is 57.2 Å². The summed E-state index contributed by atoms with van der Waals surface area (Å²) in [4.78, 5) is 0. The van der Waals surface area contributed by atoms with Crippen molar-refractivity contribution in [2.75, 3.05) is 0 Å². The second-order valence-electron chi connectivity index (χ2n) is 2.87. The monoisotopic (exact) mass is 181 g/mol. The normalized spacial score (nSPS) is 33.6. The molecular weight excluding hydrogens is 171 g/mol. The second kappa shape index (κ2) is 3.06. The average molecular weight is 181 g/mol. The van der Waals surface area contributed by atoms with Gasteiger partial charge in [-0.05, 0) is 25.7 Å². The molecule has 66 valence electrons. The fourth-order valence-corrected chi connectivity index (χ4v) is 2.16. The zero-order chi connectivity index (χ0) is 8.48. The molecule has 0 saturated heterocycles. The minimum absolute atomic E-state index is 0.188. The van der Waals surface area contributed by atoms with Gasteiger partial charge in [0.2, 0.25) is 0 Å². The molecular formula is C6H10FO3S-. The fraction of sp³-hybridized carbons (Fsp3) is 1.00. The van der Waals surface area contributed by atoms with Crippen molar-refractivity contribution in [1.82, 2.24) is 0 Å². The average Bonchev–Trinajstić information content (AvgIpc) is 1.86. The van der Waals surface area contributed by atoms with Crippen molar-refractivity contribution in [2.45, 2.75) is 37.1 Å². The third kappa shape index (κ3) is 2.41. The highest BCUT2D eigenvalue weighted by Crippen LogP contribution is 2.25. The van der Waals surface area contributed by atoms with Crippen LogP contribution in [0.15, 0.2) is 0 Å². The fourth-order valence-electron chi connectivity index (χ4n) is 1.31. The highest BCUT2D eigenvalue weighted by Gasteiger charge is 2.24. The van der Waals surface area contributed by atoms with Gasteiger partial charge in [-0.25, -0.2) is 12.8 Å². The predicted octanol–water partition coefficient (Wildman–Crippen LogP) is 0.812. The molecule has 0 radical (unpaired) electrons. The smallest absolute Gasteiger partial charge is 0.100 e. The summed E-state index contributed by atoms with van der Waals surface area (Å²) in [5, 5.41) is -0.838. The molecule has 0 aromatic heterocycles. The van der Waals surface area contributed by atoms with Crippen molar-refractivity contribution in [3.63, 3.8) is 0 Å². The van der Waals surface area contributed by atoms with Gasteiger partial charge < -0.3 is 4.55 Å². The van der Waals surface area contributed by atoms with E-state index in [2.05, 4.69) is 0 Å². The Hall–Kier alpha value is -0.160. The van der Waals surface area contributed by atoms with Gasteiger partial charge in [0.1, 0.15) is 6.17 Å². The van der Waals surface area contributed by atoms with Crippen LogP contribution in [0.5, 0.6) is 0 Å². The zero-order valence-electron chi connectivity index (χ0n) is 5.99. The van der Waals surface area contributed by atoms with Crippen LogP contribution in [0.2, 0.25) is 0 Å². The summed E-state index contributed by atoms with van der Waals surface area (Å²) in [6.07, 6.45) is -0.105. The lowest BCUT2D eigenvalue weighted by Crippen LogP contribution is -2.27. The van der Waals surface area contributed by atoms with Crippen LogP contribution in [0.25, 0.3) is 0 Å². The van der Waals surface area contributed by atoms with E-state index in [1.54, 1.807) is 0 Å². The maximum Gasteiger partial charge on any atom is 0.100 e.